The van der Waals surface area contributed by atoms with Gasteiger partial charge < -0.3 is 5.32 Å². The van der Waals surface area contributed by atoms with Crippen LogP contribution in [0.1, 0.15) is 18.4 Å². The molecule has 0 aliphatic carbocycles. The molecule has 1 N–H and O–H groups in total. The molecule has 1 aliphatic rings. The standard InChI is InChI=1S/C14H17F3N2O3S/c1-23(21,22)19-7-3-4-10(9-19)13(20)18-12-6-2-5-11(8-12)14(15,16)17/h2,5-6,8,10H,3-4,7,9H2,1H3,(H,18,20). The van der Waals surface area contributed by atoms with Gasteiger partial charge in [0.05, 0.1) is 17.7 Å². The quantitative estimate of drug-likeness (QED) is 0.910. The molecule has 0 saturated carbocycles. The van der Waals surface area contributed by atoms with Gasteiger partial charge in [-0.05, 0) is 31.0 Å². The van der Waals surface area contributed by atoms with E-state index in [1.165, 1.54) is 16.4 Å². The van der Waals surface area contributed by atoms with Crippen molar-refractivity contribution in [3.8, 4) is 0 Å². The number of nitrogens with one attached hydrogen (secondary N) is 1. The summed E-state index contributed by atoms with van der Waals surface area (Å²) in [5, 5.41) is 2.44. The molecule has 0 bridgehead atoms. The monoisotopic (exact) mass is 350 g/mol. The maximum atomic E-state index is 12.7. The molecule has 1 atom stereocenters. The van der Waals surface area contributed by atoms with Gasteiger partial charge in [0.25, 0.3) is 0 Å². The Morgan fingerprint density at radius 3 is 2.65 bits per heavy atom. The van der Waals surface area contributed by atoms with Gasteiger partial charge in [0, 0.05) is 18.8 Å². The fraction of sp³-hybridized carbons (Fsp3) is 0.500. The molecule has 5 nitrogen and oxygen atoms in total. The van der Waals surface area contributed by atoms with Gasteiger partial charge in [-0.15, -0.1) is 0 Å². The lowest BCUT2D eigenvalue weighted by Crippen LogP contribution is -2.43. The average molecular weight is 350 g/mol. The fourth-order valence-electron chi connectivity index (χ4n) is 2.48. The minimum atomic E-state index is -4.49. The van der Waals surface area contributed by atoms with Crippen molar-refractivity contribution < 1.29 is 26.4 Å². The molecule has 0 aromatic heterocycles. The van der Waals surface area contributed by atoms with Crippen molar-refractivity contribution in [3.63, 3.8) is 0 Å². The number of nitrogens with zero attached hydrogens (tertiary/aromatic N) is 1. The fourth-order valence-corrected chi connectivity index (χ4v) is 3.39. The van der Waals surface area contributed by atoms with E-state index in [1.807, 2.05) is 0 Å². The summed E-state index contributed by atoms with van der Waals surface area (Å²) in [6, 6.07) is 4.35. The van der Waals surface area contributed by atoms with E-state index in [0.717, 1.165) is 18.4 Å². The maximum absolute atomic E-state index is 12.7. The summed E-state index contributed by atoms with van der Waals surface area (Å²) in [6.45, 7) is 0.399. The highest BCUT2D eigenvalue weighted by Gasteiger charge is 2.32. The van der Waals surface area contributed by atoms with E-state index in [2.05, 4.69) is 5.32 Å². The van der Waals surface area contributed by atoms with Gasteiger partial charge in [-0.3, -0.25) is 4.79 Å². The number of hydrogen-bond donors (Lipinski definition) is 1. The van der Waals surface area contributed by atoms with Gasteiger partial charge in [0.1, 0.15) is 0 Å². The molecule has 0 radical (unpaired) electrons. The molecule has 1 saturated heterocycles. The van der Waals surface area contributed by atoms with Crippen molar-refractivity contribution in [2.24, 2.45) is 5.92 Å². The summed E-state index contributed by atoms with van der Waals surface area (Å²) in [5.41, 5.74) is -0.807. The number of alkyl halides is 3. The van der Waals surface area contributed by atoms with Crippen molar-refractivity contribution in [2.45, 2.75) is 19.0 Å². The summed E-state index contributed by atoms with van der Waals surface area (Å²) in [5.74, 6) is -1.05. The van der Waals surface area contributed by atoms with Crippen LogP contribution in [0.3, 0.4) is 0 Å². The first kappa shape index (κ1) is 17.7. The Bertz CT molecular complexity index is 689. The lowest BCUT2D eigenvalue weighted by atomic mass is 9.98. The topological polar surface area (TPSA) is 66.5 Å². The predicted molar refractivity (Wildman–Crippen MR) is 79.2 cm³/mol. The molecule has 1 aromatic carbocycles. The molecule has 1 aliphatic heterocycles. The molecule has 9 heteroatoms. The largest absolute Gasteiger partial charge is 0.416 e. The summed E-state index contributed by atoms with van der Waals surface area (Å²) < 4.78 is 62.3. The van der Waals surface area contributed by atoms with Gasteiger partial charge in [-0.2, -0.15) is 13.2 Å². The number of piperidine rings is 1. The number of amides is 1. The SMILES string of the molecule is CS(=O)(=O)N1CCCC(C(=O)Nc2cccc(C(F)(F)F)c2)C1. The Labute approximate surface area is 132 Å². The number of hydrogen-bond acceptors (Lipinski definition) is 3. The van der Waals surface area contributed by atoms with Crippen molar-refractivity contribution in [3.05, 3.63) is 29.8 Å². The van der Waals surface area contributed by atoms with Crippen LogP contribution < -0.4 is 5.32 Å². The zero-order valence-electron chi connectivity index (χ0n) is 12.4. The Morgan fingerprint density at radius 1 is 1.35 bits per heavy atom. The van der Waals surface area contributed by atoms with Gasteiger partial charge in [0.2, 0.25) is 15.9 Å². The highest BCUT2D eigenvalue weighted by atomic mass is 32.2. The summed E-state index contributed by atoms with van der Waals surface area (Å²) in [7, 11) is -3.39. The van der Waals surface area contributed by atoms with E-state index in [0.29, 0.717) is 19.4 Å². The van der Waals surface area contributed by atoms with E-state index < -0.39 is 33.6 Å². The summed E-state index contributed by atoms with van der Waals surface area (Å²) in [4.78, 5) is 12.2. The lowest BCUT2D eigenvalue weighted by Gasteiger charge is -2.30. The van der Waals surface area contributed by atoms with E-state index in [9.17, 15) is 26.4 Å². The van der Waals surface area contributed by atoms with Crippen molar-refractivity contribution in [1.82, 2.24) is 4.31 Å². The number of carbonyl (C=O) groups is 1. The molecule has 2 rings (SSSR count). The van der Waals surface area contributed by atoms with Crippen molar-refractivity contribution in [1.29, 1.82) is 0 Å². The first-order valence-corrected chi connectivity index (χ1v) is 8.85. The van der Waals surface area contributed by atoms with Crippen LogP contribution in [0.2, 0.25) is 0 Å². The molecule has 0 spiro atoms. The van der Waals surface area contributed by atoms with E-state index in [-0.39, 0.29) is 12.2 Å². The number of rotatable bonds is 3. The van der Waals surface area contributed by atoms with Crippen LogP contribution in [0.15, 0.2) is 24.3 Å². The zero-order valence-corrected chi connectivity index (χ0v) is 13.2. The van der Waals surface area contributed by atoms with Crippen LogP contribution in [0.4, 0.5) is 18.9 Å². The van der Waals surface area contributed by atoms with Crippen LogP contribution in [-0.4, -0.2) is 38.0 Å². The molecular weight excluding hydrogens is 333 g/mol. The van der Waals surface area contributed by atoms with Crippen LogP contribution >= 0.6 is 0 Å². The average Bonchev–Trinajstić information content (AvgIpc) is 2.46. The number of sulfonamides is 1. The molecule has 1 fully saturated rings. The van der Waals surface area contributed by atoms with E-state index in [1.54, 1.807) is 0 Å². The van der Waals surface area contributed by atoms with Crippen molar-refractivity contribution >= 4 is 21.6 Å². The second-order valence-electron chi connectivity index (χ2n) is 5.53. The molecule has 1 heterocycles. The number of halogens is 3. The minimum Gasteiger partial charge on any atom is -0.326 e. The van der Waals surface area contributed by atoms with Gasteiger partial charge >= 0.3 is 6.18 Å². The molecule has 1 amide bonds. The third-order valence-electron chi connectivity index (χ3n) is 3.68. The van der Waals surface area contributed by atoms with Gasteiger partial charge in [0.15, 0.2) is 0 Å². The predicted octanol–water partition coefficient (Wildman–Crippen LogP) is 2.32. The summed E-state index contributed by atoms with van der Waals surface area (Å²) >= 11 is 0. The first-order valence-electron chi connectivity index (χ1n) is 7.00. The molecule has 23 heavy (non-hydrogen) atoms. The number of anilines is 1. The smallest absolute Gasteiger partial charge is 0.326 e. The van der Waals surface area contributed by atoms with Crippen LogP contribution in [0.25, 0.3) is 0 Å². The molecule has 1 unspecified atom stereocenters. The summed E-state index contributed by atoms with van der Waals surface area (Å²) in [6.07, 6.45) is -2.39. The Hall–Kier alpha value is -1.61. The van der Waals surface area contributed by atoms with E-state index in [4.69, 9.17) is 0 Å². The second-order valence-corrected chi connectivity index (χ2v) is 7.51. The van der Waals surface area contributed by atoms with Gasteiger partial charge in [-0.1, -0.05) is 6.07 Å². The highest BCUT2D eigenvalue weighted by Crippen LogP contribution is 2.31. The second kappa shape index (κ2) is 6.48. The number of benzene rings is 1. The first-order chi connectivity index (χ1) is 10.6. The molecular formula is C14H17F3N2O3S. The van der Waals surface area contributed by atoms with Crippen molar-refractivity contribution in [2.75, 3.05) is 24.7 Å². The highest BCUT2D eigenvalue weighted by molar-refractivity contribution is 7.88. The molecule has 1 aromatic rings. The Morgan fingerprint density at radius 2 is 2.04 bits per heavy atom. The van der Waals surface area contributed by atoms with Crippen LogP contribution in [-0.2, 0) is 21.0 Å². The third-order valence-corrected chi connectivity index (χ3v) is 4.95. The van der Waals surface area contributed by atoms with E-state index >= 15 is 0 Å². The normalized spacial score (nSPS) is 20.3. The molecule has 128 valence electrons. The van der Waals surface area contributed by atoms with Crippen LogP contribution in [0.5, 0.6) is 0 Å². The lowest BCUT2D eigenvalue weighted by molar-refractivity contribution is -0.137. The zero-order chi connectivity index (χ0) is 17.3. The number of carbonyl (C=O) groups excluding carboxylic acids is 1. The maximum Gasteiger partial charge on any atom is 0.416 e. The minimum absolute atomic E-state index is 0.0429. The third kappa shape index (κ3) is 4.68. The Balaban J connectivity index is 2.07. The van der Waals surface area contributed by atoms with Gasteiger partial charge in [-0.25, -0.2) is 12.7 Å². The Kier molecular flexibility index (Phi) is 5.00. The van der Waals surface area contributed by atoms with Crippen LogP contribution in [0, 0.1) is 5.92 Å².